The molecule has 17 heavy (non-hydrogen) atoms. The molecular weight excluding hydrogens is 219 g/mol. The first-order valence-corrected chi connectivity index (χ1v) is 5.22. The lowest BCUT2D eigenvalue weighted by Gasteiger charge is -2.15. The Morgan fingerprint density at radius 1 is 1.35 bits per heavy atom. The van der Waals surface area contributed by atoms with Crippen LogP contribution < -0.4 is 4.74 Å². The number of halogens is 1. The first-order chi connectivity index (χ1) is 7.98. The van der Waals surface area contributed by atoms with E-state index in [-0.39, 0.29) is 5.56 Å². The van der Waals surface area contributed by atoms with Crippen molar-refractivity contribution in [1.29, 1.82) is 10.5 Å². The van der Waals surface area contributed by atoms with Crippen LogP contribution in [0.1, 0.15) is 25.8 Å². The topological polar surface area (TPSA) is 56.8 Å². The number of hydrogen-bond donors (Lipinski definition) is 0. The lowest BCUT2D eigenvalue weighted by Crippen LogP contribution is -2.13. The van der Waals surface area contributed by atoms with E-state index in [1.165, 1.54) is 12.1 Å². The molecule has 0 spiro atoms. The number of nitriles is 2. The van der Waals surface area contributed by atoms with Crippen LogP contribution in [0.2, 0.25) is 0 Å². The van der Waals surface area contributed by atoms with E-state index in [2.05, 4.69) is 6.07 Å². The summed E-state index contributed by atoms with van der Waals surface area (Å²) in [6.07, 6.45) is 0.561. The Labute approximate surface area is 100 Å². The molecule has 0 radical (unpaired) electrons. The molecule has 0 aliphatic rings. The molecule has 0 aliphatic carbocycles. The SMILES string of the molecule is CC(C)(C#N)CCOc1ccc(C#N)c(F)c1. The van der Waals surface area contributed by atoms with E-state index in [4.69, 9.17) is 15.3 Å². The zero-order valence-corrected chi connectivity index (χ0v) is 9.83. The molecule has 1 rings (SSSR count). The Morgan fingerprint density at radius 3 is 2.59 bits per heavy atom. The highest BCUT2D eigenvalue weighted by atomic mass is 19.1. The van der Waals surface area contributed by atoms with E-state index in [1.807, 2.05) is 13.8 Å². The van der Waals surface area contributed by atoms with Gasteiger partial charge in [0.25, 0.3) is 0 Å². The van der Waals surface area contributed by atoms with Crippen molar-refractivity contribution in [3.8, 4) is 17.9 Å². The normalized spacial score (nSPS) is 10.4. The summed E-state index contributed by atoms with van der Waals surface area (Å²) in [6.45, 7) is 3.97. The van der Waals surface area contributed by atoms with E-state index >= 15 is 0 Å². The summed E-state index contributed by atoms with van der Waals surface area (Å²) in [5.41, 5.74) is -0.458. The van der Waals surface area contributed by atoms with Gasteiger partial charge in [0, 0.05) is 6.07 Å². The zero-order valence-electron chi connectivity index (χ0n) is 9.83. The molecule has 4 heteroatoms. The molecular formula is C13H13FN2O. The van der Waals surface area contributed by atoms with Gasteiger partial charge >= 0.3 is 0 Å². The molecule has 0 heterocycles. The maximum atomic E-state index is 13.2. The van der Waals surface area contributed by atoms with Crippen molar-refractivity contribution in [2.75, 3.05) is 6.61 Å². The number of nitrogens with zero attached hydrogens (tertiary/aromatic N) is 2. The third-order valence-electron chi connectivity index (χ3n) is 2.36. The molecule has 0 aliphatic heterocycles. The fourth-order valence-electron chi connectivity index (χ4n) is 1.16. The van der Waals surface area contributed by atoms with Crippen LogP contribution in [0.4, 0.5) is 4.39 Å². The smallest absolute Gasteiger partial charge is 0.144 e. The van der Waals surface area contributed by atoms with E-state index in [0.29, 0.717) is 18.8 Å². The summed E-state index contributed by atoms with van der Waals surface area (Å²) in [7, 11) is 0. The quantitative estimate of drug-likeness (QED) is 0.801. The van der Waals surface area contributed by atoms with Gasteiger partial charge in [-0.2, -0.15) is 10.5 Å². The van der Waals surface area contributed by atoms with Gasteiger partial charge in [0.2, 0.25) is 0 Å². The fraction of sp³-hybridized carbons (Fsp3) is 0.385. The summed E-state index contributed by atoms with van der Waals surface area (Å²) in [5.74, 6) is -0.222. The molecule has 0 saturated carbocycles. The van der Waals surface area contributed by atoms with Crippen molar-refractivity contribution in [2.45, 2.75) is 20.3 Å². The largest absolute Gasteiger partial charge is 0.493 e. The van der Waals surface area contributed by atoms with Crippen LogP contribution in [0.15, 0.2) is 18.2 Å². The molecule has 0 aromatic heterocycles. The van der Waals surface area contributed by atoms with Gasteiger partial charge in [-0.25, -0.2) is 4.39 Å². The summed E-state index contributed by atoms with van der Waals surface area (Å²) in [6, 6.07) is 7.99. The Hall–Kier alpha value is -2.07. The van der Waals surface area contributed by atoms with Crippen molar-refractivity contribution in [3.05, 3.63) is 29.6 Å². The Kier molecular flexibility index (Phi) is 4.06. The van der Waals surface area contributed by atoms with Crippen LogP contribution in [-0.4, -0.2) is 6.61 Å². The minimum absolute atomic E-state index is 0.00490. The second-order valence-corrected chi connectivity index (χ2v) is 4.35. The average molecular weight is 232 g/mol. The van der Waals surface area contributed by atoms with Gasteiger partial charge in [-0.3, -0.25) is 0 Å². The Morgan fingerprint density at radius 2 is 2.06 bits per heavy atom. The summed E-state index contributed by atoms with van der Waals surface area (Å²) in [5, 5.41) is 17.4. The highest BCUT2D eigenvalue weighted by Gasteiger charge is 2.16. The number of hydrogen-bond acceptors (Lipinski definition) is 3. The molecule has 1 aromatic carbocycles. The van der Waals surface area contributed by atoms with E-state index < -0.39 is 11.2 Å². The van der Waals surface area contributed by atoms with Crippen LogP contribution in [0.3, 0.4) is 0 Å². The van der Waals surface area contributed by atoms with Crippen LogP contribution >= 0.6 is 0 Å². The maximum absolute atomic E-state index is 13.2. The molecule has 88 valence electrons. The minimum atomic E-state index is -0.593. The monoisotopic (exact) mass is 232 g/mol. The molecule has 1 aromatic rings. The van der Waals surface area contributed by atoms with Gasteiger partial charge in [0.1, 0.15) is 17.6 Å². The first kappa shape index (κ1) is 13.0. The fourth-order valence-corrected chi connectivity index (χ4v) is 1.16. The lowest BCUT2D eigenvalue weighted by atomic mass is 9.92. The third kappa shape index (κ3) is 3.77. The van der Waals surface area contributed by atoms with Crippen LogP contribution in [0, 0.1) is 33.9 Å². The zero-order chi connectivity index (χ0) is 12.9. The van der Waals surface area contributed by atoms with Gasteiger partial charge in [0.05, 0.1) is 23.7 Å². The number of rotatable bonds is 4. The average Bonchev–Trinajstić information content (AvgIpc) is 2.29. The molecule has 0 N–H and O–H groups in total. The van der Waals surface area contributed by atoms with Gasteiger partial charge < -0.3 is 4.74 Å². The van der Waals surface area contributed by atoms with Gasteiger partial charge in [-0.05, 0) is 32.4 Å². The standard InChI is InChI=1S/C13H13FN2O/c1-13(2,9-16)5-6-17-11-4-3-10(8-15)12(14)7-11/h3-4,7H,5-6H2,1-2H3. The van der Waals surface area contributed by atoms with Crippen LogP contribution in [0.25, 0.3) is 0 Å². The number of ether oxygens (including phenoxy) is 1. The Balaban J connectivity index is 2.58. The van der Waals surface area contributed by atoms with E-state index in [1.54, 1.807) is 12.1 Å². The molecule has 3 nitrogen and oxygen atoms in total. The summed E-state index contributed by atoms with van der Waals surface area (Å²) < 4.78 is 18.5. The third-order valence-corrected chi connectivity index (χ3v) is 2.36. The van der Waals surface area contributed by atoms with E-state index in [9.17, 15) is 4.39 Å². The maximum Gasteiger partial charge on any atom is 0.144 e. The van der Waals surface area contributed by atoms with Crippen LogP contribution in [-0.2, 0) is 0 Å². The molecule has 0 unspecified atom stereocenters. The van der Waals surface area contributed by atoms with Crippen molar-refractivity contribution < 1.29 is 9.13 Å². The van der Waals surface area contributed by atoms with Crippen molar-refractivity contribution in [1.82, 2.24) is 0 Å². The predicted molar refractivity (Wildman–Crippen MR) is 60.6 cm³/mol. The molecule has 0 amide bonds. The Bertz CT molecular complexity index is 483. The molecule has 0 bridgehead atoms. The van der Waals surface area contributed by atoms with Crippen molar-refractivity contribution in [3.63, 3.8) is 0 Å². The van der Waals surface area contributed by atoms with Crippen LogP contribution in [0.5, 0.6) is 5.75 Å². The highest BCUT2D eigenvalue weighted by Crippen LogP contribution is 2.20. The first-order valence-electron chi connectivity index (χ1n) is 5.22. The second kappa shape index (κ2) is 5.32. The second-order valence-electron chi connectivity index (χ2n) is 4.35. The van der Waals surface area contributed by atoms with Crippen molar-refractivity contribution in [2.24, 2.45) is 5.41 Å². The van der Waals surface area contributed by atoms with Gasteiger partial charge in [-0.15, -0.1) is 0 Å². The van der Waals surface area contributed by atoms with Crippen molar-refractivity contribution >= 4 is 0 Å². The predicted octanol–water partition coefficient (Wildman–Crippen LogP) is 3.02. The molecule has 0 saturated heterocycles. The van der Waals surface area contributed by atoms with E-state index in [0.717, 1.165) is 0 Å². The minimum Gasteiger partial charge on any atom is -0.493 e. The molecule has 0 fully saturated rings. The highest BCUT2D eigenvalue weighted by molar-refractivity contribution is 5.36. The van der Waals surface area contributed by atoms with Gasteiger partial charge in [0.15, 0.2) is 0 Å². The number of benzene rings is 1. The molecule has 0 atom stereocenters. The van der Waals surface area contributed by atoms with Gasteiger partial charge in [-0.1, -0.05) is 0 Å². The summed E-state index contributed by atoms with van der Waals surface area (Å²) in [4.78, 5) is 0. The lowest BCUT2D eigenvalue weighted by molar-refractivity contribution is 0.263. The summed E-state index contributed by atoms with van der Waals surface area (Å²) >= 11 is 0.